The van der Waals surface area contributed by atoms with Crippen LogP contribution >= 0.6 is 11.6 Å². The van der Waals surface area contributed by atoms with Crippen LogP contribution in [-0.4, -0.2) is 74.0 Å². The number of carbonyl (C=O) groups excluding carboxylic acids is 1. The third kappa shape index (κ3) is 7.74. The lowest BCUT2D eigenvalue weighted by molar-refractivity contribution is 0.0636. The molecule has 0 aliphatic carbocycles. The molecule has 13 heteroatoms. The van der Waals surface area contributed by atoms with Crippen molar-refractivity contribution in [2.75, 3.05) is 74.0 Å². The molecule has 1 fully saturated rings. The zero-order chi connectivity index (χ0) is 29.7. The lowest BCUT2D eigenvalue weighted by atomic mass is 10.2. The van der Waals surface area contributed by atoms with E-state index in [1.54, 1.807) is 46.1 Å². The van der Waals surface area contributed by atoms with E-state index in [-0.39, 0.29) is 5.95 Å². The molecule has 1 saturated heterocycles. The molecule has 3 aromatic rings. The molecule has 41 heavy (non-hydrogen) atoms. The van der Waals surface area contributed by atoms with E-state index >= 15 is 0 Å². The summed E-state index contributed by atoms with van der Waals surface area (Å²) >= 11 is 6.42. The highest BCUT2D eigenvalue weighted by atomic mass is 35.5. The van der Waals surface area contributed by atoms with Crippen LogP contribution in [-0.2, 0) is 4.74 Å². The summed E-state index contributed by atoms with van der Waals surface area (Å²) in [5.74, 6) is 1.69. The fourth-order valence-electron chi connectivity index (χ4n) is 4.23. The molecule has 12 nitrogen and oxygen atoms in total. The Bertz CT molecular complexity index is 1390. The highest BCUT2D eigenvalue weighted by molar-refractivity contribution is 6.33. The minimum absolute atomic E-state index is 0.282. The molecule has 1 aliphatic heterocycles. The van der Waals surface area contributed by atoms with Crippen molar-refractivity contribution in [3.8, 4) is 11.5 Å². The van der Waals surface area contributed by atoms with E-state index in [9.17, 15) is 4.79 Å². The van der Waals surface area contributed by atoms with Gasteiger partial charge in [-0.15, -0.1) is 0 Å². The van der Waals surface area contributed by atoms with Crippen molar-refractivity contribution < 1.29 is 19.0 Å². The number of likely N-dealkylation sites (N-methyl/N-ethyl adjacent to an activating group) is 1. The van der Waals surface area contributed by atoms with Crippen molar-refractivity contribution in [1.82, 2.24) is 14.9 Å². The third-order valence-corrected chi connectivity index (χ3v) is 6.56. The smallest absolute Gasteiger partial charge is 0.412 e. The maximum absolute atomic E-state index is 12.2. The molecule has 1 aliphatic rings. The van der Waals surface area contributed by atoms with Gasteiger partial charge in [-0.1, -0.05) is 11.6 Å². The van der Waals surface area contributed by atoms with Crippen LogP contribution in [0, 0.1) is 0 Å². The van der Waals surface area contributed by atoms with Crippen LogP contribution in [0.4, 0.5) is 45.0 Å². The van der Waals surface area contributed by atoms with E-state index in [1.807, 2.05) is 12.1 Å². The van der Waals surface area contributed by atoms with E-state index < -0.39 is 11.7 Å². The lowest BCUT2D eigenvalue weighted by Crippen LogP contribution is -2.44. The average molecular weight is 585 g/mol. The van der Waals surface area contributed by atoms with Gasteiger partial charge >= 0.3 is 6.09 Å². The number of carbonyl (C=O) groups is 1. The number of nitrogen functional groups attached to an aromatic ring is 1. The highest BCUT2D eigenvalue weighted by Crippen LogP contribution is 2.38. The second-order valence-corrected chi connectivity index (χ2v) is 11.0. The van der Waals surface area contributed by atoms with Gasteiger partial charge < -0.3 is 40.4 Å². The van der Waals surface area contributed by atoms with Crippen LogP contribution < -0.4 is 36.1 Å². The Morgan fingerprint density at radius 2 is 1.68 bits per heavy atom. The van der Waals surface area contributed by atoms with Gasteiger partial charge in [0.1, 0.15) is 22.1 Å². The van der Waals surface area contributed by atoms with Crippen LogP contribution in [0.1, 0.15) is 20.8 Å². The summed E-state index contributed by atoms with van der Waals surface area (Å²) in [5, 5.41) is 9.35. The molecule has 4 rings (SSSR count). The molecule has 1 amide bonds. The molecule has 0 unspecified atom stereocenters. The summed E-state index contributed by atoms with van der Waals surface area (Å²) in [7, 11) is 5.24. The predicted octanol–water partition coefficient (Wildman–Crippen LogP) is 5.32. The number of anilines is 7. The summed E-state index contributed by atoms with van der Waals surface area (Å²) in [6.07, 6.45) is 0.918. The van der Waals surface area contributed by atoms with Crippen LogP contribution in [0.3, 0.4) is 0 Å². The standard InChI is InChI=1S/C28H37ClN8O4/c1-28(2,3)41-27(38)32-17-7-8-20(23(13-17)39-5)33-25-18(29)16-31-26(35-25)34-21-14-19(30)22(15-24(21)40-6)37-11-9-36(4)10-12-37/h7-8,13-16H,9-12,30H2,1-6H3,(H,32,38)(H2,31,33,34,35). The molecular weight excluding hydrogens is 548 g/mol. The summed E-state index contributed by atoms with van der Waals surface area (Å²) < 4.78 is 16.5. The number of aromatic nitrogens is 2. The number of halogens is 1. The third-order valence-electron chi connectivity index (χ3n) is 6.28. The van der Waals surface area contributed by atoms with E-state index in [0.29, 0.717) is 45.1 Å². The van der Waals surface area contributed by atoms with Gasteiger partial charge in [-0.3, -0.25) is 5.32 Å². The maximum Gasteiger partial charge on any atom is 0.412 e. The first kappa shape index (κ1) is 29.8. The average Bonchev–Trinajstić information content (AvgIpc) is 2.91. The fraction of sp³-hybridized carbons (Fsp3) is 0.393. The Kier molecular flexibility index (Phi) is 9.14. The summed E-state index contributed by atoms with van der Waals surface area (Å²) in [6.45, 7) is 9.07. The molecule has 0 atom stereocenters. The molecule has 2 aromatic carbocycles. The van der Waals surface area contributed by atoms with Crippen LogP contribution in [0.15, 0.2) is 36.5 Å². The molecule has 0 saturated carbocycles. The number of nitrogens with zero attached hydrogens (tertiary/aromatic N) is 4. The zero-order valence-electron chi connectivity index (χ0n) is 24.2. The van der Waals surface area contributed by atoms with Gasteiger partial charge in [-0.05, 0) is 46.0 Å². The van der Waals surface area contributed by atoms with Gasteiger partial charge in [0.2, 0.25) is 5.95 Å². The topological polar surface area (TPSA) is 139 Å². The number of methoxy groups -OCH3 is 2. The van der Waals surface area contributed by atoms with Crippen molar-refractivity contribution >= 4 is 57.9 Å². The molecule has 5 N–H and O–H groups in total. The van der Waals surface area contributed by atoms with Crippen LogP contribution in [0.5, 0.6) is 11.5 Å². The van der Waals surface area contributed by atoms with Crippen molar-refractivity contribution in [2.24, 2.45) is 0 Å². The molecule has 0 radical (unpaired) electrons. The minimum atomic E-state index is -0.618. The number of hydrogen-bond donors (Lipinski definition) is 4. The first-order valence-corrected chi connectivity index (χ1v) is 13.5. The van der Waals surface area contributed by atoms with Crippen molar-refractivity contribution in [3.05, 3.63) is 41.6 Å². The van der Waals surface area contributed by atoms with E-state index in [2.05, 4.69) is 42.8 Å². The molecular formula is C28H37ClN8O4. The number of piperazine rings is 1. The molecule has 1 aromatic heterocycles. The normalized spacial score (nSPS) is 13.9. The first-order valence-electron chi connectivity index (χ1n) is 13.1. The largest absolute Gasteiger partial charge is 0.494 e. The van der Waals surface area contributed by atoms with Crippen LogP contribution in [0.2, 0.25) is 5.02 Å². The van der Waals surface area contributed by atoms with Crippen LogP contribution in [0.25, 0.3) is 0 Å². The SMILES string of the molecule is COc1cc(N2CCN(C)CC2)c(N)cc1Nc1ncc(Cl)c(Nc2ccc(NC(=O)OC(C)(C)C)cc2OC)n1. The Labute approximate surface area is 245 Å². The highest BCUT2D eigenvalue weighted by Gasteiger charge is 2.20. The Balaban J connectivity index is 1.52. The quantitative estimate of drug-likeness (QED) is 0.256. The Morgan fingerprint density at radius 3 is 2.34 bits per heavy atom. The molecule has 220 valence electrons. The maximum atomic E-state index is 12.2. The number of amides is 1. The van der Waals surface area contributed by atoms with Gasteiger partial charge in [0.05, 0.1) is 43.2 Å². The summed E-state index contributed by atoms with van der Waals surface area (Å²) in [6, 6.07) is 8.85. The second kappa shape index (κ2) is 12.6. The van der Waals surface area contributed by atoms with Crippen molar-refractivity contribution in [2.45, 2.75) is 26.4 Å². The van der Waals surface area contributed by atoms with E-state index in [1.165, 1.54) is 13.3 Å². The molecule has 0 spiro atoms. The van der Waals surface area contributed by atoms with Gasteiger partial charge in [0, 0.05) is 44.0 Å². The monoisotopic (exact) mass is 584 g/mol. The zero-order valence-corrected chi connectivity index (χ0v) is 24.9. The predicted molar refractivity (Wildman–Crippen MR) is 164 cm³/mol. The number of benzene rings is 2. The van der Waals surface area contributed by atoms with E-state index in [0.717, 1.165) is 31.9 Å². The summed E-state index contributed by atoms with van der Waals surface area (Å²) in [4.78, 5) is 25.6. The number of hydrogen-bond acceptors (Lipinski definition) is 11. The van der Waals surface area contributed by atoms with Gasteiger partial charge in [0.15, 0.2) is 5.82 Å². The fourth-order valence-corrected chi connectivity index (χ4v) is 4.37. The van der Waals surface area contributed by atoms with E-state index in [4.69, 9.17) is 31.5 Å². The number of nitrogens with one attached hydrogen (secondary N) is 3. The second-order valence-electron chi connectivity index (χ2n) is 10.6. The van der Waals surface area contributed by atoms with Crippen molar-refractivity contribution in [3.63, 3.8) is 0 Å². The molecule has 2 heterocycles. The van der Waals surface area contributed by atoms with Gasteiger partial charge in [0.25, 0.3) is 0 Å². The summed E-state index contributed by atoms with van der Waals surface area (Å²) in [5.41, 5.74) is 9.08. The minimum Gasteiger partial charge on any atom is -0.494 e. The number of ether oxygens (including phenoxy) is 3. The van der Waals surface area contributed by atoms with Crippen molar-refractivity contribution in [1.29, 1.82) is 0 Å². The Hall–Kier alpha value is -4.16. The van der Waals surface area contributed by atoms with Gasteiger partial charge in [-0.2, -0.15) is 4.98 Å². The van der Waals surface area contributed by atoms with Gasteiger partial charge in [-0.25, -0.2) is 9.78 Å². The number of rotatable bonds is 8. The lowest BCUT2D eigenvalue weighted by Gasteiger charge is -2.35. The Morgan fingerprint density at radius 1 is 1.00 bits per heavy atom. The first-order chi connectivity index (χ1) is 19.5. The number of nitrogens with two attached hydrogens (primary N) is 1. The molecule has 0 bridgehead atoms.